The first kappa shape index (κ1) is 23.3. The molecular weight excluding hydrogens is 428 g/mol. The Morgan fingerprint density at radius 1 is 1.22 bits per heavy atom. The van der Waals surface area contributed by atoms with E-state index in [1.807, 2.05) is 12.1 Å². The molecule has 0 saturated carbocycles. The van der Waals surface area contributed by atoms with E-state index in [0.717, 1.165) is 42.3 Å². The highest BCUT2D eigenvalue weighted by Gasteiger charge is 2.23. The molecule has 1 atom stereocenters. The molecule has 1 aromatic carbocycles. The first-order valence-electron chi connectivity index (χ1n) is 10.3. The maximum absolute atomic E-state index is 8.83. The van der Waals surface area contributed by atoms with Gasteiger partial charge in [0.15, 0.2) is 11.5 Å². The molecule has 0 spiro atoms. The van der Waals surface area contributed by atoms with E-state index in [1.165, 1.54) is 12.4 Å². The lowest BCUT2D eigenvalue weighted by Gasteiger charge is -2.37. The van der Waals surface area contributed by atoms with Crippen LogP contribution < -0.4 is 20.3 Å². The van der Waals surface area contributed by atoms with Crippen molar-refractivity contribution in [3.63, 3.8) is 0 Å². The molecule has 0 unspecified atom stereocenters. The fourth-order valence-electron chi connectivity index (χ4n) is 3.66. The summed E-state index contributed by atoms with van der Waals surface area (Å²) >= 11 is 0. The number of nitriles is 1. The van der Waals surface area contributed by atoms with Crippen LogP contribution >= 0.6 is 12.4 Å². The second-order valence-corrected chi connectivity index (χ2v) is 7.83. The van der Waals surface area contributed by atoms with Crippen molar-refractivity contribution >= 4 is 29.7 Å². The van der Waals surface area contributed by atoms with E-state index < -0.39 is 0 Å². The van der Waals surface area contributed by atoms with E-state index in [4.69, 9.17) is 10.00 Å². The third kappa shape index (κ3) is 5.10. The molecule has 168 valence electrons. The number of benzene rings is 1. The van der Waals surface area contributed by atoms with E-state index >= 15 is 0 Å². The molecule has 0 aliphatic carbocycles. The lowest BCUT2D eigenvalue weighted by Crippen LogP contribution is -2.52. The van der Waals surface area contributed by atoms with Crippen LogP contribution in [0.25, 0.3) is 11.3 Å². The maximum atomic E-state index is 8.83. The van der Waals surface area contributed by atoms with Gasteiger partial charge in [0.05, 0.1) is 25.2 Å². The summed E-state index contributed by atoms with van der Waals surface area (Å²) in [6.45, 7) is 7.41. The molecule has 0 amide bonds. The minimum absolute atomic E-state index is 0. The van der Waals surface area contributed by atoms with Gasteiger partial charge in [-0.25, -0.2) is 9.97 Å². The van der Waals surface area contributed by atoms with Crippen molar-refractivity contribution < 1.29 is 4.74 Å². The van der Waals surface area contributed by atoms with Crippen LogP contribution in [-0.2, 0) is 0 Å². The van der Waals surface area contributed by atoms with Crippen LogP contribution in [0.1, 0.15) is 19.5 Å². The van der Waals surface area contributed by atoms with Crippen molar-refractivity contribution in [2.75, 3.05) is 37.0 Å². The van der Waals surface area contributed by atoms with Gasteiger partial charge in [0.25, 0.3) is 0 Å². The molecule has 4 rings (SSSR count). The van der Waals surface area contributed by atoms with E-state index in [0.29, 0.717) is 23.6 Å². The zero-order valence-corrected chi connectivity index (χ0v) is 19.1. The van der Waals surface area contributed by atoms with Gasteiger partial charge in [-0.15, -0.1) is 12.4 Å². The van der Waals surface area contributed by atoms with Crippen LogP contribution in [-0.4, -0.2) is 53.0 Å². The van der Waals surface area contributed by atoms with Gasteiger partial charge in [0.2, 0.25) is 0 Å². The number of hydrogen-bond acceptors (Lipinski definition) is 8. The van der Waals surface area contributed by atoms with Crippen LogP contribution in [0.4, 0.5) is 17.3 Å². The zero-order valence-electron chi connectivity index (χ0n) is 18.3. The Morgan fingerprint density at radius 2 is 2.06 bits per heavy atom. The van der Waals surface area contributed by atoms with Gasteiger partial charge in [-0.2, -0.15) is 10.4 Å². The monoisotopic (exact) mass is 454 g/mol. The molecule has 3 N–H and O–H groups in total. The Balaban J connectivity index is 0.00000289. The van der Waals surface area contributed by atoms with Crippen LogP contribution in [0.15, 0.2) is 36.7 Å². The molecule has 0 bridgehead atoms. The third-order valence-corrected chi connectivity index (χ3v) is 5.45. The molecule has 3 heterocycles. The Labute approximate surface area is 193 Å². The molecule has 3 aromatic rings. The number of anilines is 3. The predicted octanol–water partition coefficient (Wildman–Crippen LogP) is 3.35. The molecule has 2 aromatic heterocycles. The van der Waals surface area contributed by atoms with Crippen LogP contribution in [0.5, 0.6) is 5.75 Å². The standard InChI is InChI=1S/C22H26N8O.ClH/c1-14(2)19-13-30(7-6-24-19)16-4-5-17(20(8-16)31-3)18-9-21(29-28-18)27-22-12-25-15(10-23)11-26-22;/h4-5,8-9,11-12,14,19,24H,6-7,13H2,1-3H3,(H2,26,27,28,29);1H/t19-;/m0./s1. The van der Waals surface area contributed by atoms with Crippen molar-refractivity contribution in [1.82, 2.24) is 25.5 Å². The Bertz CT molecular complexity index is 1080. The number of aromatic nitrogens is 4. The molecule has 10 heteroatoms. The van der Waals surface area contributed by atoms with Crippen LogP contribution in [0.3, 0.4) is 0 Å². The van der Waals surface area contributed by atoms with Crippen molar-refractivity contribution in [2.45, 2.75) is 19.9 Å². The number of nitrogens with one attached hydrogen (secondary N) is 3. The summed E-state index contributed by atoms with van der Waals surface area (Å²) in [6, 6.07) is 10.6. The molecular formula is C22H27ClN8O. The first-order chi connectivity index (χ1) is 15.1. The van der Waals surface area contributed by atoms with E-state index in [1.54, 1.807) is 7.11 Å². The second kappa shape index (κ2) is 10.3. The molecule has 1 fully saturated rings. The summed E-state index contributed by atoms with van der Waals surface area (Å²) in [6.07, 6.45) is 2.91. The number of nitrogens with zero attached hydrogens (tertiary/aromatic N) is 5. The summed E-state index contributed by atoms with van der Waals surface area (Å²) < 4.78 is 5.70. The quantitative estimate of drug-likeness (QED) is 0.519. The molecule has 1 saturated heterocycles. The highest BCUT2D eigenvalue weighted by molar-refractivity contribution is 5.85. The average Bonchev–Trinajstić information content (AvgIpc) is 3.27. The molecule has 9 nitrogen and oxygen atoms in total. The number of halogens is 1. The van der Waals surface area contributed by atoms with Crippen molar-refractivity contribution in [3.05, 3.63) is 42.4 Å². The highest BCUT2D eigenvalue weighted by Crippen LogP contribution is 2.34. The fourth-order valence-corrected chi connectivity index (χ4v) is 3.66. The number of methoxy groups -OCH3 is 1. The van der Waals surface area contributed by atoms with Crippen LogP contribution in [0, 0.1) is 17.2 Å². The SMILES string of the molecule is COc1cc(N2CCN[C@H](C(C)C)C2)ccc1-c1cc(Nc2cnc(C#N)cn2)n[nH]1.Cl. The van der Waals surface area contributed by atoms with Crippen molar-refractivity contribution in [1.29, 1.82) is 5.26 Å². The number of ether oxygens (including phenoxy) is 1. The zero-order chi connectivity index (χ0) is 21.8. The summed E-state index contributed by atoms with van der Waals surface area (Å²) in [4.78, 5) is 10.6. The predicted molar refractivity (Wildman–Crippen MR) is 127 cm³/mol. The van der Waals surface area contributed by atoms with Gasteiger partial charge >= 0.3 is 0 Å². The summed E-state index contributed by atoms with van der Waals surface area (Å²) in [5.41, 5.74) is 3.17. The van der Waals surface area contributed by atoms with E-state index in [-0.39, 0.29) is 18.1 Å². The number of piperazine rings is 1. The summed E-state index contributed by atoms with van der Waals surface area (Å²) in [7, 11) is 1.68. The van der Waals surface area contributed by atoms with Gasteiger partial charge in [-0.3, -0.25) is 5.10 Å². The second-order valence-electron chi connectivity index (χ2n) is 7.83. The van der Waals surface area contributed by atoms with Crippen molar-refractivity contribution in [2.24, 2.45) is 5.92 Å². The number of rotatable bonds is 6. The normalized spacial score (nSPS) is 15.7. The van der Waals surface area contributed by atoms with Gasteiger partial charge in [0.1, 0.15) is 17.6 Å². The topological polar surface area (TPSA) is 115 Å². The molecule has 1 aliphatic heterocycles. The number of aromatic amines is 1. The first-order valence-corrected chi connectivity index (χ1v) is 10.3. The summed E-state index contributed by atoms with van der Waals surface area (Å²) in [5.74, 6) is 2.48. The Kier molecular flexibility index (Phi) is 7.51. The van der Waals surface area contributed by atoms with Gasteiger partial charge in [-0.05, 0) is 18.1 Å². The maximum Gasteiger partial charge on any atom is 0.158 e. The minimum atomic E-state index is 0. The molecule has 32 heavy (non-hydrogen) atoms. The fraction of sp³-hybridized carbons (Fsp3) is 0.364. The largest absolute Gasteiger partial charge is 0.496 e. The smallest absolute Gasteiger partial charge is 0.158 e. The van der Waals surface area contributed by atoms with Gasteiger partial charge in [-0.1, -0.05) is 13.8 Å². The molecule has 0 radical (unpaired) electrons. The van der Waals surface area contributed by atoms with Gasteiger partial charge in [0, 0.05) is 49.1 Å². The highest BCUT2D eigenvalue weighted by atomic mass is 35.5. The summed E-state index contributed by atoms with van der Waals surface area (Å²) in [5, 5.41) is 22.9. The Morgan fingerprint density at radius 3 is 2.75 bits per heavy atom. The average molecular weight is 455 g/mol. The van der Waals surface area contributed by atoms with Crippen molar-refractivity contribution in [3.8, 4) is 23.1 Å². The number of H-pyrrole nitrogens is 1. The third-order valence-electron chi connectivity index (χ3n) is 5.45. The molecule has 1 aliphatic rings. The van der Waals surface area contributed by atoms with Gasteiger partial charge < -0.3 is 20.3 Å². The lowest BCUT2D eigenvalue weighted by molar-refractivity contribution is 0.368. The number of hydrogen-bond donors (Lipinski definition) is 3. The van der Waals surface area contributed by atoms with E-state index in [9.17, 15) is 0 Å². The minimum Gasteiger partial charge on any atom is -0.496 e. The Hall–Kier alpha value is -3.35. The van der Waals surface area contributed by atoms with Crippen LogP contribution in [0.2, 0.25) is 0 Å². The lowest BCUT2D eigenvalue weighted by atomic mass is 10.0. The van der Waals surface area contributed by atoms with E-state index in [2.05, 4.69) is 67.7 Å².